The lowest BCUT2D eigenvalue weighted by molar-refractivity contribution is 0.252. The molecule has 3 nitrogen and oxygen atoms in total. The van der Waals surface area contributed by atoms with E-state index in [2.05, 4.69) is 25.2 Å². The van der Waals surface area contributed by atoms with Gasteiger partial charge in [-0.3, -0.25) is 0 Å². The Labute approximate surface area is 122 Å². The largest absolute Gasteiger partial charge is 0.397 e. The van der Waals surface area contributed by atoms with Crippen molar-refractivity contribution in [1.29, 1.82) is 5.26 Å². The second-order valence-corrected chi connectivity index (χ2v) is 6.57. The second-order valence-electron chi connectivity index (χ2n) is 6.57. The maximum absolute atomic E-state index is 8.87. The topological polar surface area (TPSA) is 61.8 Å². The summed E-state index contributed by atoms with van der Waals surface area (Å²) >= 11 is 0. The van der Waals surface area contributed by atoms with E-state index in [1.165, 1.54) is 32.1 Å². The van der Waals surface area contributed by atoms with Crippen LogP contribution >= 0.6 is 0 Å². The Morgan fingerprint density at radius 3 is 2.60 bits per heavy atom. The van der Waals surface area contributed by atoms with Gasteiger partial charge in [0.05, 0.1) is 23.0 Å². The lowest BCUT2D eigenvalue weighted by Gasteiger charge is -2.31. The molecule has 1 saturated carbocycles. The Bertz CT molecular complexity index is 493. The summed E-state index contributed by atoms with van der Waals surface area (Å²) in [6.07, 6.45) is 6.59. The van der Waals surface area contributed by atoms with E-state index in [1.54, 1.807) is 6.07 Å². The van der Waals surface area contributed by atoms with Gasteiger partial charge in [-0.1, -0.05) is 26.7 Å². The number of nitrogen functional groups attached to an aromatic ring is 1. The van der Waals surface area contributed by atoms with Crippen molar-refractivity contribution in [2.75, 3.05) is 17.6 Å². The quantitative estimate of drug-likeness (QED) is 0.790. The van der Waals surface area contributed by atoms with Crippen LogP contribution in [0.25, 0.3) is 0 Å². The van der Waals surface area contributed by atoms with Crippen LogP contribution in [-0.2, 0) is 0 Å². The van der Waals surface area contributed by atoms with Gasteiger partial charge in [0.15, 0.2) is 0 Å². The number of nitrogens with two attached hydrogens (primary N) is 1. The normalized spacial score (nSPS) is 17.1. The van der Waals surface area contributed by atoms with Crippen molar-refractivity contribution in [1.82, 2.24) is 0 Å². The molecule has 1 aromatic carbocycles. The molecule has 1 aliphatic carbocycles. The molecule has 0 amide bonds. The highest BCUT2D eigenvalue weighted by Crippen LogP contribution is 2.43. The fourth-order valence-corrected chi connectivity index (χ4v) is 3.52. The highest BCUT2D eigenvalue weighted by molar-refractivity contribution is 5.68. The van der Waals surface area contributed by atoms with Gasteiger partial charge in [0.1, 0.15) is 0 Å². The van der Waals surface area contributed by atoms with Crippen LogP contribution in [0.2, 0.25) is 0 Å². The first-order chi connectivity index (χ1) is 9.54. The van der Waals surface area contributed by atoms with Crippen molar-refractivity contribution in [2.24, 2.45) is 11.3 Å². The number of nitrogens with zero attached hydrogens (tertiary/aromatic N) is 1. The van der Waals surface area contributed by atoms with Crippen LogP contribution in [0.3, 0.4) is 0 Å². The summed E-state index contributed by atoms with van der Waals surface area (Å²) in [5.41, 5.74) is 8.68. The maximum Gasteiger partial charge on any atom is 0.0992 e. The Morgan fingerprint density at radius 2 is 2.05 bits per heavy atom. The number of hydrogen-bond acceptors (Lipinski definition) is 3. The Kier molecular flexibility index (Phi) is 4.54. The summed E-state index contributed by atoms with van der Waals surface area (Å²) in [7, 11) is 0. The summed E-state index contributed by atoms with van der Waals surface area (Å²) in [6.45, 7) is 5.59. The number of hydrogen-bond donors (Lipinski definition) is 2. The van der Waals surface area contributed by atoms with Gasteiger partial charge in [-0.05, 0) is 48.8 Å². The molecular weight excluding hydrogens is 246 g/mol. The molecule has 0 heterocycles. The van der Waals surface area contributed by atoms with Gasteiger partial charge in [0.2, 0.25) is 0 Å². The molecule has 1 aliphatic rings. The van der Waals surface area contributed by atoms with E-state index < -0.39 is 0 Å². The van der Waals surface area contributed by atoms with Crippen molar-refractivity contribution in [2.45, 2.75) is 46.0 Å². The summed E-state index contributed by atoms with van der Waals surface area (Å²) in [5, 5.41) is 12.4. The first-order valence-electron chi connectivity index (χ1n) is 7.58. The third kappa shape index (κ3) is 3.45. The van der Waals surface area contributed by atoms with Crippen LogP contribution in [-0.4, -0.2) is 6.54 Å². The highest BCUT2D eigenvalue weighted by atomic mass is 14.9. The van der Waals surface area contributed by atoms with Gasteiger partial charge >= 0.3 is 0 Å². The molecule has 2 rings (SSSR count). The smallest absolute Gasteiger partial charge is 0.0992 e. The molecule has 1 fully saturated rings. The molecule has 0 radical (unpaired) electrons. The molecule has 108 valence electrons. The average Bonchev–Trinajstić information content (AvgIpc) is 2.85. The van der Waals surface area contributed by atoms with Crippen molar-refractivity contribution in [3.63, 3.8) is 0 Å². The van der Waals surface area contributed by atoms with E-state index in [0.29, 0.717) is 16.7 Å². The van der Waals surface area contributed by atoms with Crippen LogP contribution in [0.4, 0.5) is 11.4 Å². The van der Waals surface area contributed by atoms with Crippen molar-refractivity contribution < 1.29 is 0 Å². The monoisotopic (exact) mass is 271 g/mol. The van der Waals surface area contributed by atoms with E-state index in [-0.39, 0.29) is 0 Å². The van der Waals surface area contributed by atoms with Crippen molar-refractivity contribution in [3.8, 4) is 6.07 Å². The van der Waals surface area contributed by atoms with Gasteiger partial charge in [0.25, 0.3) is 0 Å². The van der Waals surface area contributed by atoms with Crippen molar-refractivity contribution >= 4 is 11.4 Å². The Hall–Kier alpha value is -1.69. The predicted molar refractivity (Wildman–Crippen MR) is 84.4 cm³/mol. The third-order valence-corrected chi connectivity index (χ3v) is 4.34. The predicted octanol–water partition coefficient (Wildman–Crippen LogP) is 4.16. The molecule has 0 unspecified atom stereocenters. The van der Waals surface area contributed by atoms with E-state index in [9.17, 15) is 0 Å². The first-order valence-corrected chi connectivity index (χ1v) is 7.58. The van der Waals surface area contributed by atoms with Crippen LogP contribution in [0.5, 0.6) is 0 Å². The average molecular weight is 271 g/mol. The van der Waals surface area contributed by atoms with E-state index in [0.717, 1.165) is 18.2 Å². The summed E-state index contributed by atoms with van der Waals surface area (Å²) in [5.74, 6) is 0.730. The minimum atomic E-state index is 0.425. The Balaban J connectivity index is 2.04. The zero-order chi connectivity index (χ0) is 14.6. The Morgan fingerprint density at radius 1 is 1.35 bits per heavy atom. The molecule has 0 atom stereocenters. The number of benzene rings is 1. The van der Waals surface area contributed by atoms with Gasteiger partial charge in [-0.15, -0.1) is 0 Å². The number of rotatable bonds is 5. The molecule has 3 heteroatoms. The molecule has 20 heavy (non-hydrogen) atoms. The van der Waals surface area contributed by atoms with Crippen LogP contribution in [0, 0.1) is 22.7 Å². The van der Waals surface area contributed by atoms with Gasteiger partial charge in [-0.25, -0.2) is 0 Å². The van der Waals surface area contributed by atoms with Gasteiger partial charge < -0.3 is 11.1 Å². The van der Waals surface area contributed by atoms with E-state index in [4.69, 9.17) is 11.0 Å². The molecule has 0 saturated heterocycles. The molecule has 0 aliphatic heterocycles. The highest BCUT2D eigenvalue weighted by Gasteiger charge is 2.34. The lowest BCUT2D eigenvalue weighted by atomic mass is 9.78. The number of nitrogens with one attached hydrogen (secondary N) is 1. The van der Waals surface area contributed by atoms with Crippen LogP contribution in [0.15, 0.2) is 18.2 Å². The number of nitriles is 1. The SMILES string of the molecule is CC(C)CC1(CNc2ccc(C#N)cc2N)CCCC1. The van der Waals surface area contributed by atoms with Crippen molar-refractivity contribution in [3.05, 3.63) is 23.8 Å². The maximum atomic E-state index is 8.87. The molecule has 0 bridgehead atoms. The van der Waals surface area contributed by atoms with Gasteiger partial charge in [-0.2, -0.15) is 5.26 Å². The third-order valence-electron chi connectivity index (χ3n) is 4.34. The fourth-order valence-electron chi connectivity index (χ4n) is 3.52. The molecule has 1 aromatic rings. The molecule has 0 spiro atoms. The zero-order valence-electron chi connectivity index (χ0n) is 12.6. The van der Waals surface area contributed by atoms with Crippen LogP contribution < -0.4 is 11.1 Å². The molecule has 0 aromatic heterocycles. The fraction of sp³-hybridized carbons (Fsp3) is 0.588. The van der Waals surface area contributed by atoms with Crippen LogP contribution in [0.1, 0.15) is 51.5 Å². The minimum Gasteiger partial charge on any atom is -0.397 e. The van der Waals surface area contributed by atoms with E-state index in [1.807, 2.05) is 12.1 Å². The standard InChI is InChI=1S/C17H25N3/c1-13(2)10-17(7-3-4-8-17)12-20-16-6-5-14(11-18)9-15(16)19/h5-6,9,13,20H,3-4,7-8,10,12,19H2,1-2H3. The van der Waals surface area contributed by atoms with Gasteiger partial charge in [0, 0.05) is 6.54 Å². The number of anilines is 2. The first kappa shape index (κ1) is 14.7. The molecular formula is C17H25N3. The second kappa shape index (κ2) is 6.17. The molecule has 3 N–H and O–H groups in total. The van der Waals surface area contributed by atoms with E-state index >= 15 is 0 Å². The minimum absolute atomic E-state index is 0.425. The summed E-state index contributed by atoms with van der Waals surface area (Å²) < 4.78 is 0. The summed E-state index contributed by atoms with van der Waals surface area (Å²) in [4.78, 5) is 0. The summed E-state index contributed by atoms with van der Waals surface area (Å²) in [6, 6.07) is 7.60. The lowest BCUT2D eigenvalue weighted by Crippen LogP contribution is -2.28. The zero-order valence-corrected chi connectivity index (χ0v) is 12.6.